The second-order valence-corrected chi connectivity index (χ2v) is 10.4. The van der Waals surface area contributed by atoms with Crippen LogP contribution in [0.25, 0.3) is 6.08 Å². The van der Waals surface area contributed by atoms with Crippen LogP contribution in [0, 0.1) is 23.6 Å². The summed E-state index contributed by atoms with van der Waals surface area (Å²) in [6.45, 7) is 4.79. The largest absolute Gasteiger partial charge is 0.505 e. The van der Waals surface area contributed by atoms with Crippen LogP contribution in [0.3, 0.4) is 0 Å². The van der Waals surface area contributed by atoms with Gasteiger partial charge in [0.25, 0.3) is 0 Å². The molecule has 37 heavy (non-hydrogen) atoms. The van der Waals surface area contributed by atoms with Gasteiger partial charge in [-0.1, -0.05) is 38.0 Å². The minimum atomic E-state index is -1.02. The highest BCUT2D eigenvalue weighted by Gasteiger charge is 2.57. The lowest BCUT2D eigenvalue weighted by Gasteiger charge is -2.43. The molecule has 1 aromatic carbocycles. The summed E-state index contributed by atoms with van der Waals surface area (Å²) in [5.41, 5.74) is 3.77. The Bertz CT molecular complexity index is 1090. The number of carbonyl (C=O) groups excluding carboxylic acids is 2. The number of ether oxygens (including phenoxy) is 1. The van der Waals surface area contributed by atoms with Gasteiger partial charge in [-0.2, -0.15) is 0 Å². The summed E-state index contributed by atoms with van der Waals surface area (Å²) in [4.78, 5) is 27.9. The van der Waals surface area contributed by atoms with Crippen LogP contribution in [0.5, 0.6) is 5.75 Å². The molecule has 2 saturated heterocycles. The number of benzene rings is 1. The SMILES string of the molecule is CCC/C(=C\c1ccc(O)c(F)c1)CC[C@H]1OB(O)C[C@H]2C1=C(COC)C[C@H]1C(=O)N(CCC)C(=O)[C@H]12. The maximum atomic E-state index is 13.9. The van der Waals surface area contributed by atoms with E-state index < -0.39 is 30.9 Å². The Morgan fingerprint density at radius 3 is 2.68 bits per heavy atom. The molecule has 1 aromatic rings. The minimum Gasteiger partial charge on any atom is -0.505 e. The molecule has 0 bridgehead atoms. The van der Waals surface area contributed by atoms with E-state index in [1.807, 2.05) is 13.0 Å². The summed E-state index contributed by atoms with van der Waals surface area (Å²) < 4.78 is 25.4. The van der Waals surface area contributed by atoms with Gasteiger partial charge < -0.3 is 19.5 Å². The Morgan fingerprint density at radius 1 is 1.22 bits per heavy atom. The van der Waals surface area contributed by atoms with Crippen molar-refractivity contribution in [3.8, 4) is 5.75 Å². The van der Waals surface area contributed by atoms with Crippen LogP contribution in [0.2, 0.25) is 6.32 Å². The zero-order valence-corrected chi connectivity index (χ0v) is 21.9. The number of imide groups is 1. The second-order valence-electron chi connectivity index (χ2n) is 10.4. The van der Waals surface area contributed by atoms with E-state index in [2.05, 4.69) is 6.92 Å². The lowest BCUT2D eigenvalue weighted by atomic mass is 9.58. The highest BCUT2D eigenvalue weighted by atomic mass is 19.1. The Balaban J connectivity index is 1.61. The highest BCUT2D eigenvalue weighted by molar-refractivity contribution is 6.43. The maximum Gasteiger partial charge on any atom is 0.455 e. The molecule has 2 fully saturated rings. The molecule has 4 atom stereocenters. The summed E-state index contributed by atoms with van der Waals surface area (Å²) in [5.74, 6) is -2.44. The Kier molecular flexibility index (Phi) is 8.88. The topological polar surface area (TPSA) is 96.3 Å². The van der Waals surface area contributed by atoms with Gasteiger partial charge in [0.15, 0.2) is 11.6 Å². The number of phenols is 1. The summed E-state index contributed by atoms with van der Waals surface area (Å²) >= 11 is 0. The first-order chi connectivity index (χ1) is 17.8. The van der Waals surface area contributed by atoms with Crippen molar-refractivity contribution in [2.24, 2.45) is 17.8 Å². The van der Waals surface area contributed by atoms with Crippen molar-refractivity contribution in [3.05, 3.63) is 46.3 Å². The monoisotopic (exact) mass is 513 g/mol. The van der Waals surface area contributed by atoms with Crippen molar-refractivity contribution in [3.63, 3.8) is 0 Å². The molecule has 0 saturated carbocycles. The van der Waals surface area contributed by atoms with Crippen LogP contribution >= 0.6 is 0 Å². The number of rotatable bonds is 10. The van der Waals surface area contributed by atoms with Crippen LogP contribution in [-0.4, -0.2) is 60.3 Å². The fourth-order valence-electron chi connectivity index (χ4n) is 6.34. The Hall–Kier alpha value is -2.49. The number of likely N-dealkylation sites (tertiary alicyclic amines) is 1. The van der Waals surface area contributed by atoms with Gasteiger partial charge in [-0.05, 0) is 73.2 Å². The summed E-state index contributed by atoms with van der Waals surface area (Å²) in [7, 11) is 0.598. The number of hydrogen-bond donors (Lipinski definition) is 2. The molecular weight excluding hydrogens is 476 g/mol. The normalized spacial score (nSPS) is 26.1. The van der Waals surface area contributed by atoms with Crippen molar-refractivity contribution in [1.82, 2.24) is 4.90 Å². The van der Waals surface area contributed by atoms with E-state index in [1.165, 1.54) is 17.0 Å². The van der Waals surface area contributed by atoms with Gasteiger partial charge >= 0.3 is 7.12 Å². The van der Waals surface area contributed by atoms with Crippen molar-refractivity contribution >= 4 is 25.0 Å². The van der Waals surface area contributed by atoms with E-state index in [1.54, 1.807) is 13.2 Å². The molecule has 0 aromatic heterocycles. The first kappa shape index (κ1) is 27.5. The van der Waals surface area contributed by atoms with Gasteiger partial charge in [-0.15, -0.1) is 0 Å². The molecular formula is C28H37BFNO6. The highest BCUT2D eigenvalue weighted by Crippen LogP contribution is 2.50. The average Bonchev–Trinajstić information content (AvgIpc) is 3.09. The number of nitrogens with zero attached hydrogens (tertiary/aromatic N) is 1. The zero-order chi connectivity index (χ0) is 26.7. The quantitative estimate of drug-likeness (QED) is 0.275. The van der Waals surface area contributed by atoms with Crippen LogP contribution in [0.4, 0.5) is 4.39 Å². The van der Waals surface area contributed by atoms with Crippen LogP contribution in [0.15, 0.2) is 34.9 Å². The molecule has 2 aliphatic heterocycles. The summed E-state index contributed by atoms with van der Waals surface area (Å²) in [5, 5.41) is 20.2. The molecule has 4 rings (SSSR count). The lowest BCUT2D eigenvalue weighted by molar-refractivity contribution is -0.140. The summed E-state index contributed by atoms with van der Waals surface area (Å²) in [6.07, 6.45) is 5.96. The van der Waals surface area contributed by atoms with Crippen LogP contribution in [-0.2, 0) is 19.0 Å². The Labute approximate surface area is 218 Å². The van der Waals surface area contributed by atoms with E-state index in [9.17, 15) is 24.1 Å². The van der Waals surface area contributed by atoms with Crippen LogP contribution in [0.1, 0.15) is 57.9 Å². The van der Waals surface area contributed by atoms with Crippen molar-refractivity contribution < 1.29 is 33.5 Å². The van der Waals surface area contributed by atoms with Crippen molar-refractivity contribution in [1.29, 1.82) is 0 Å². The van der Waals surface area contributed by atoms with Gasteiger partial charge in [-0.25, -0.2) is 4.39 Å². The molecule has 2 heterocycles. The molecule has 2 N–H and O–H groups in total. The number of hydrogen-bond acceptors (Lipinski definition) is 6. The number of allylic oxidation sites excluding steroid dienone is 1. The predicted molar refractivity (Wildman–Crippen MR) is 139 cm³/mol. The first-order valence-corrected chi connectivity index (χ1v) is 13.4. The molecule has 0 spiro atoms. The molecule has 200 valence electrons. The standard InChI is InChI=1S/C28H37BFNO6/c1-4-6-17(12-18-7-9-23(32)22(30)13-18)8-10-24-25-19(16-36-3)14-20-26(21(25)15-29(35)37-24)28(34)31(11-5-2)27(20)33/h7,9,12-13,20-21,24,26,32,35H,4-6,8,10-11,14-16H2,1-3H3/b17-12+/t20-,21+,24-,26-/m1/s1. The fraction of sp³-hybridized carbons (Fsp3) is 0.571. The fourth-order valence-corrected chi connectivity index (χ4v) is 6.34. The molecule has 2 amide bonds. The van der Waals surface area contributed by atoms with E-state index in [0.717, 1.165) is 29.6 Å². The lowest BCUT2D eigenvalue weighted by Crippen LogP contribution is -2.46. The predicted octanol–water partition coefficient (Wildman–Crippen LogP) is 4.35. The van der Waals surface area contributed by atoms with Crippen LogP contribution < -0.4 is 0 Å². The van der Waals surface area contributed by atoms with Gasteiger partial charge in [0, 0.05) is 13.7 Å². The third-order valence-corrected chi connectivity index (χ3v) is 7.81. The number of carbonyl (C=O) groups is 2. The number of methoxy groups -OCH3 is 1. The number of amides is 2. The number of fused-ring (bicyclic) bond motifs is 3. The van der Waals surface area contributed by atoms with Gasteiger partial charge in [0.05, 0.1) is 24.5 Å². The zero-order valence-electron chi connectivity index (χ0n) is 21.9. The summed E-state index contributed by atoms with van der Waals surface area (Å²) in [6, 6.07) is 4.33. The number of phenolic OH excluding ortho intramolecular Hbond substituents is 1. The third-order valence-electron chi connectivity index (χ3n) is 7.81. The van der Waals surface area contributed by atoms with Gasteiger partial charge in [-0.3, -0.25) is 14.5 Å². The van der Waals surface area contributed by atoms with E-state index in [0.29, 0.717) is 44.4 Å². The third kappa shape index (κ3) is 5.69. The number of aromatic hydroxyl groups is 1. The van der Waals surface area contributed by atoms with Crippen molar-refractivity contribution in [2.75, 3.05) is 20.3 Å². The molecule has 7 nitrogen and oxygen atoms in total. The van der Waals surface area contributed by atoms with Gasteiger partial charge in [0.1, 0.15) is 0 Å². The smallest absolute Gasteiger partial charge is 0.455 e. The molecule has 3 aliphatic rings. The Morgan fingerprint density at radius 2 is 2.00 bits per heavy atom. The maximum absolute atomic E-state index is 13.9. The van der Waals surface area contributed by atoms with E-state index in [4.69, 9.17) is 9.39 Å². The molecule has 9 heteroatoms. The average molecular weight is 513 g/mol. The second kappa shape index (κ2) is 11.9. The van der Waals surface area contributed by atoms with E-state index >= 15 is 0 Å². The molecule has 1 aliphatic carbocycles. The molecule has 0 radical (unpaired) electrons. The minimum absolute atomic E-state index is 0.115. The first-order valence-electron chi connectivity index (χ1n) is 13.4. The molecule has 0 unspecified atom stereocenters. The number of halogens is 1. The van der Waals surface area contributed by atoms with Crippen molar-refractivity contribution in [2.45, 2.75) is 64.8 Å². The van der Waals surface area contributed by atoms with Gasteiger partial charge in [0.2, 0.25) is 11.8 Å². The van der Waals surface area contributed by atoms with E-state index in [-0.39, 0.29) is 29.8 Å².